The van der Waals surface area contributed by atoms with Gasteiger partial charge in [-0.1, -0.05) is 60.1 Å². The molecular weight excluding hydrogens is 488 g/mol. The van der Waals surface area contributed by atoms with Gasteiger partial charge in [-0.05, 0) is 67.1 Å². The number of nitrogens with one attached hydrogen (secondary N) is 2. The third-order valence-electron chi connectivity index (χ3n) is 5.52. The van der Waals surface area contributed by atoms with E-state index >= 15 is 0 Å². The highest BCUT2D eigenvalue weighted by Crippen LogP contribution is 2.24. The fourth-order valence-electron chi connectivity index (χ4n) is 3.53. The van der Waals surface area contributed by atoms with Crippen molar-refractivity contribution in [2.75, 3.05) is 17.2 Å². The van der Waals surface area contributed by atoms with E-state index in [0.29, 0.717) is 40.1 Å². The van der Waals surface area contributed by atoms with Gasteiger partial charge in [0.15, 0.2) is 6.10 Å². The van der Waals surface area contributed by atoms with Crippen molar-refractivity contribution in [2.45, 2.75) is 19.4 Å². The number of hydrogen-bond donors (Lipinski definition) is 2. The van der Waals surface area contributed by atoms with Crippen LogP contribution < -0.4 is 20.1 Å². The number of rotatable bonds is 10. The smallest absolute Gasteiger partial charge is 0.265 e. The first-order valence-corrected chi connectivity index (χ1v) is 12.3. The van der Waals surface area contributed by atoms with E-state index in [1.165, 1.54) is 5.56 Å². The SMILES string of the molecule is CC(Oc1ccccc1Cl)C(=O)Nc1ccc(NC(=O)c2cccc(OCCc3ccccc3)c2)cc1. The topological polar surface area (TPSA) is 76.7 Å². The number of benzene rings is 4. The number of halogens is 1. The van der Waals surface area contributed by atoms with Gasteiger partial charge in [0.05, 0.1) is 11.6 Å². The first-order chi connectivity index (χ1) is 18.0. The predicted molar refractivity (Wildman–Crippen MR) is 147 cm³/mol. The molecule has 0 fully saturated rings. The lowest BCUT2D eigenvalue weighted by atomic mass is 10.1. The Bertz CT molecular complexity index is 1340. The minimum Gasteiger partial charge on any atom is -0.493 e. The molecule has 0 aliphatic rings. The van der Waals surface area contributed by atoms with E-state index in [1.54, 1.807) is 73.7 Å². The molecule has 7 heteroatoms. The summed E-state index contributed by atoms with van der Waals surface area (Å²) in [6.07, 6.45) is 0.0342. The lowest BCUT2D eigenvalue weighted by Gasteiger charge is -2.16. The van der Waals surface area contributed by atoms with Gasteiger partial charge in [-0.15, -0.1) is 0 Å². The third kappa shape index (κ3) is 7.59. The van der Waals surface area contributed by atoms with Crippen LogP contribution in [0.1, 0.15) is 22.8 Å². The molecule has 0 saturated heterocycles. The Hall–Kier alpha value is -4.29. The molecular formula is C30H27ClN2O4. The van der Waals surface area contributed by atoms with E-state index in [9.17, 15) is 9.59 Å². The van der Waals surface area contributed by atoms with Crippen LogP contribution in [0.15, 0.2) is 103 Å². The lowest BCUT2D eigenvalue weighted by Crippen LogP contribution is -2.30. The lowest BCUT2D eigenvalue weighted by molar-refractivity contribution is -0.122. The molecule has 1 atom stereocenters. The summed E-state index contributed by atoms with van der Waals surface area (Å²) in [6, 6.07) is 31.0. The van der Waals surface area contributed by atoms with Gasteiger partial charge < -0.3 is 20.1 Å². The molecule has 0 spiro atoms. The summed E-state index contributed by atoms with van der Waals surface area (Å²) in [6.45, 7) is 2.16. The van der Waals surface area contributed by atoms with Crippen LogP contribution in [0.25, 0.3) is 0 Å². The second-order valence-electron chi connectivity index (χ2n) is 8.32. The fourth-order valence-corrected chi connectivity index (χ4v) is 3.71. The molecule has 188 valence electrons. The van der Waals surface area contributed by atoms with Crippen LogP contribution in [0, 0.1) is 0 Å². The summed E-state index contributed by atoms with van der Waals surface area (Å²) in [5, 5.41) is 6.10. The Kier molecular flexibility index (Phi) is 8.79. The molecule has 4 aromatic carbocycles. The number of carbonyl (C=O) groups is 2. The Morgan fingerprint density at radius 1 is 0.811 bits per heavy atom. The summed E-state index contributed by atoms with van der Waals surface area (Å²) in [5.74, 6) is 0.498. The van der Waals surface area contributed by atoms with Crippen molar-refractivity contribution in [1.29, 1.82) is 0 Å². The largest absolute Gasteiger partial charge is 0.493 e. The summed E-state index contributed by atoms with van der Waals surface area (Å²) < 4.78 is 11.5. The average molecular weight is 515 g/mol. The van der Waals surface area contributed by atoms with E-state index in [4.69, 9.17) is 21.1 Å². The van der Waals surface area contributed by atoms with E-state index in [-0.39, 0.29) is 11.8 Å². The molecule has 4 rings (SSSR count). The van der Waals surface area contributed by atoms with Crippen molar-refractivity contribution >= 4 is 34.8 Å². The summed E-state index contributed by atoms with van der Waals surface area (Å²) in [7, 11) is 0. The van der Waals surface area contributed by atoms with Gasteiger partial charge in [0.2, 0.25) is 0 Å². The van der Waals surface area contributed by atoms with Crippen LogP contribution in [0.2, 0.25) is 5.02 Å². The van der Waals surface area contributed by atoms with Crippen LogP contribution >= 0.6 is 11.6 Å². The van der Waals surface area contributed by atoms with Crippen LogP contribution in [0.4, 0.5) is 11.4 Å². The third-order valence-corrected chi connectivity index (χ3v) is 5.83. The molecule has 37 heavy (non-hydrogen) atoms. The molecule has 0 aliphatic carbocycles. The summed E-state index contributed by atoms with van der Waals surface area (Å²) in [4.78, 5) is 25.3. The van der Waals surface area contributed by atoms with Gasteiger partial charge in [-0.2, -0.15) is 0 Å². The van der Waals surface area contributed by atoms with Gasteiger partial charge in [-0.25, -0.2) is 0 Å². The Morgan fingerprint density at radius 2 is 1.49 bits per heavy atom. The summed E-state index contributed by atoms with van der Waals surface area (Å²) >= 11 is 6.09. The van der Waals surface area contributed by atoms with Crippen LogP contribution in [-0.2, 0) is 11.2 Å². The van der Waals surface area contributed by atoms with Crippen molar-refractivity contribution in [3.63, 3.8) is 0 Å². The van der Waals surface area contributed by atoms with Gasteiger partial charge in [0.25, 0.3) is 11.8 Å². The molecule has 0 bridgehead atoms. The molecule has 6 nitrogen and oxygen atoms in total. The molecule has 2 amide bonds. The van der Waals surface area contributed by atoms with Gasteiger partial charge in [0, 0.05) is 23.4 Å². The van der Waals surface area contributed by atoms with Crippen molar-refractivity contribution < 1.29 is 19.1 Å². The maximum absolute atomic E-state index is 12.8. The van der Waals surface area contributed by atoms with E-state index in [2.05, 4.69) is 22.8 Å². The number of carbonyl (C=O) groups excluding carboxylic acids is 2. The molecule has 0 aromatic heterocycles. The molecule has 0 radical (unpaired) electrons. The van der Waals surface area contributed by atoms with Crippen molar-refractivity contribution in [1.82, 2.24) is 0 Å². The summed E-state index contributed by atoms with van der Waals surface area (Å²) in [5.41, 5.74) is 2.85. The van der Waals surface area contributed by atoms with Gasteiger partial charge in [0.1, 0.15) is 11.5 Å². The first-order valence-electron chi connectivity index (χ1n) is 11.9. The fraction of sp³-hybridized carbons (Fsp3) is 0.133. The Morgan fingerprint density at radius 3 is 2.22 bits per heavy atom. The number of ether oxygens (including phenoxy) is 2. The second kappa shape index (κ2) is 12.6. The Labute approximate surface area is 221 Å². The number of para-hydroxylation sites is 1. The molecule has 4 aromatic rings. The number of amides is 2. The van der Waals surface area contributed by atoms with Crippen LogP contribution in [0.3, 0.4) is 0 Å². The van der Waals surface area contributed by atoms with E-state index in [1.807, 2.05) is 24.3 Å². The van der Waals surface area contributed by atoms with Crippen LogP contribution in [0.5, 0.6) is 11.5 Å². The standard InChI is InChI=1S/C30H27ClN2O4/c1-21(37-28-13-6-5-12-27(28)31)29(34)32-24-14-16-25(17-15-24)33-30(35)23-10-7-11-26(20-23)36-19-18-22-8-3-2-4-9-22/h2-17,20-21H,18-19H2,1H3,(H,32,34)(H,33,35). The van der Waals surface area contributed by atoms with E-state index < -0.39 is 6.10 Å². The highest BCUT2D eigenvalue weighted by atomic mass is 35.5. The molecule has 0 saturated carbocycles. The first kappa shape index (κ1) is 25.8. The second-order valence-corrected chi connectivity index (χ2v) is 8.73. The average Bonchev–Trinajstić information content (AvgIpc) is 2.92. The maximum atomic E-state index is 12.8. The van der Waals surface area contributed by atoms with Crippen molar-refractivity contribution in [2.24, 2.45) is 0 Å². The highest BCUT2D eigenvalue weighted by Gasteiger charge is 2.16. The van der Waals surface area contributed by atoms with Gasteiger partial charge >= 0.3 is 0 Å². The van der Waals surface area contributed by atoms with Crippen molar-refractivity contribution in [3.8, 4) is 11.5 Å². The van der Waals surface area contributed by atoms with Crippen LogP contribution in [-0.4, -0.2) is 24.5 Å². The minimum atomic E-state index is -0.749. The normalized spacial score (nSPS) is 11.3. The molecule has 0 heterocycles. The zero-order valence-electron chi connectivity index (χ0n) is 20.3. The number of hydrogen-bond acceptors (Lipinski definition) is 4. The molecule has 1 unspecified atom stereocenters. The van der Waals surface area contributed by atoms with E-state index in [0.717, 1.165) is 6.42 Å². The molecule has 2 N–H and O–H groups in total. The zero-order chi connectivity index (χ0) is 26.0. The maximum Gasteiger partial charge on any atom is 0.265 e. The quantitative estimate of drug-likeness (QED) is 0.249. The monoisotopic (exact) mass is 514 g/mol. The highest BCUT2D eigenvalue weighted by molar-refractivity contribution is 6.32. The Balaban J connectivity index is 1.28. The van der Waals surface area contributed by atoms with Crippen molar-refractivity contribution in [3.05, 3.63) is 119 Å². The zero-order valence-corrected chi connectivity index (χ0v) is 21.1. The van der Waals surface area contributed by atoms with Gasteiger partial charge in [-0.3, -0.25) is 9.59 Å². The minimum absolute atomic E-state index is 0.257. The number of anilines is 2. The predicted octanol–water partition coefficient (Wildman–Crippen LogP) is 6.62. The molecule has 0 aliphatic heterocycles.